The van der Waals surface area contributed by atoms with Crippen molar-refractivity contribution in [2.45, 2.75) is 18.9 Å². The van der Waals surface area contributed by atoms with E-state index in [-0.39, 0.29) is 11.8 Å². The van der Waals surface area contributed by atoms with Crippen molar-refractivity contribution in [3.63, 3.8) is 0 Å². The number of rotatable bonds is 3. The summed E-state index contributed by atoms with van der Waals surface area (Å²) >= 11 is 0. The molecule has 124 valence electrons. The van der Waals surface area contributed by atoms with E-state index in [0.717, 1.165) is 5.56 Å². The second-order valence-electron chi connectivity index (χ2n) is 6.36. The van der Waals surface area contributed by atoms with Gasteiger partial charge in [0.2, 0.25) is 5.91 Å². The maximum Gasteiger partial charge on any atom is 0.227 e. The summed E-state index contributed by atoms with van der Waals surface area (Å²) in [6.07, 6.45) is 5.23. The summed E-state index contributed by atoms with van der Waals surface area (Å²) in [5.41, 5.74) is 4.64. The lowest BCUT2D eigenvalue weighted by atomic mass is 9.84. The van der Waals surface area contributed by atoms with Gasteiger partial charge in [0.1, 0.15) is 6.33 Å². The first-order valence-corrected chi connectivity index (χ1v) is 8.45. The Morgan fingerprint density at radius 3 is 2.52 bits per heavy atom. The summed E-state index contributed by atoms with van der Waals surface area (Å²) in [5.74, 6) is 0.326. The smallest absolute Gasteiger partial charge is 0.227 e. The van der Waals surface area contributed by atoms with Crippen molar-refractivity contribution >= 4 is 5.91 Å². The van der Waals surface area contributed by atoms with Gasteiger partial charge >= 0.3 is 0 Å². The Kier molecular flexibility index (Phi) is 4.25. The Labute approximate surface area is 147 Å². The van der Waals surface area contributed by atoms with Gasteiger partial charge in [0.05, 0.1) is 6.42 Å². The number of benzene rings is 2. The Morgan fingerprint density at radius 1 is 1.00 bits per heavy atom. The molecule has 4 heteroatoms. The number of nitrogens with zero attached hydrogens (tertiary/aromatic N) is 3. The van der Waals surface area contributed by atoms with Gasteiger partial charge in [0.15, 0.2) is 0 Å². The van der Waals surface area contributed by atoms with E-state index in [4.69, 9.17) is 0 Å². The first-order chi connectivity index (χ1) is 12.3. The van der Waals surface area contributed by atoms with E-state index in [1.165, 1.54) is 23.0 Å². The van der Waals surface area contributed by atoms with Crippen molar-refractivity contribution < 1.29 is 4.79 Å². The van der Waals surface area contributed by atoms with Crippen molar-refractivity contribution in [1.82, 2.24) is 14.9 Å². The van der Waals surface area contributed by atoms with Crippen molar-refractivity contribution in [3.8, 4) is 0 Å². The molecule has 25 heavy (non-hydrogen) atoms. The van der Waals surface area contributed by atoms with Gasteiger partial charge < -0.3 is 4.90 Å². The minimum absolute atomic E-state index is 0.116. The zero-order valence-electron chi connectivity index (χ0n) is 13.9. The average molecular weight is 329 g/mol. The quantitative estimate of drug-likeness (QED) is 0.741. The van der Waals surface area contributed by atoms with Crippen LogP contribution in [0.3, 0.4) is 0 Å². The van der Waals surface area contributed by atoms with Crippen LogP contribution in [0.4, 0.5) is 0 Å². The molecule has 0 saturated carbocycles. The lowest BCUT2D eigenvalue weighted by Gasteiger charge is -2.35. The van der Waals surface area contributed by atoms with E-state index >= 15 is 0 Å². The van der Waals surface area contributed by atoms with Crippen LogP contribution < -0.4 is 0 Å². The molecule has 0 bridgehead atoms. The lowest BCUT2D eigenvalue weighted by Crippen LogP contribution is -2.39. The minimum Gasteiger partial charge on any atom is -0.337 e. The van der Waals surface area contributed by atoms with E-state index in [2.05, 4.69) is 52.4 Å². The largest absolute Gasteiger partial charge is 0.337 e. The molecule has 0 spiro atoms. The van der Waals surface area contributed by atoms with Crippen LogP contribution in [0, 0.1) is 0 Å². The van der Waals surface area contributed by atoms with Crippen LogP contribution in [0.25, 0.3) is 0 Å². The molecule has 0 radical (unpaired) electrons. The maximum absolute atomic E-state index is 12.8. The third-order valence-electron chi connectivity index (χ3n) is 4.72. The summed E-state index contributed by atoms with van der Waals surface area (Å²) in [4.78, 5) is 22.8. The van der Waals surface area contributed by atoms with Gasteiger partial charge in [-0.25, -0.2) is 9.97 Å². The predicted molar refractivity (Wildman–Crippen MR) is 95.9 cm³/mol. The molecule has 2 aromatic carbocycles. The first-order valence-electron chi connectivity index (χ1n) is 8.45. The number of hydrogen-bond donors (Lipinski definition) is 0. The predicted octanol–water partition coefficient (Wildman–Crippen LogP) is 3.19. The highest BCUT2D eigenvalue weighted by atomic mass is 16.2. The highest BCUT2D eigenvalue weighted by Gasteiger charge is 2.28. The maximum atomic E-state index is 12.8. The third kappa shape index (κ3) is 3.29. The summed E-state index contributed by atoms with van der Waals surface area (Å²) < 4.78 is 0. The van der Waals surface area contributed by atoms with E-state index in [1.807, 2.05) is 17.0 Å². The molecule has 1 aromatic heterocycles. The van der Waals surface area contributed by atoms with Crippen LogP contribution in [-0.4, -0.2) is 27.3 Å². The van der Waals surface area contributed by atoms with Crippen molar-refractivity contribution in [2.24, 2.45) is 0 Å². The number of carbonyl (C=O) groups is 1. The summed E-state index contributed by atoms with van der Waals surface area (Å²) in [5, 5.41) is 0. The Morgan fingerprint density at radius 2 is 1.72 bits per heavy atom. The summed E-state index contributed by atoms with van der Waals surface area (Å²) in [6.45, 7) is 1.36. The van der Waals surface area contributed by atoms with Crippen molar-refractivity contribution in [1.29, 1.82) is 0 Å². The Balaban J connectivity index is 1.62. The molecule has 0 aliphatic carbocycles. The van der Waals surface area contributed by atoms with Crippen LogP contribution in [0.1, 0.15) is 28.2 Å². The van der Waals surface area contributed by atoms with Gasteiger partial charge in [0.25, 0.3) is 0 Å². The van der Waals surface area contributed by atoms with Crippen LogP contribution in [-0.2, 0) is 17.8 Å². The minimum atomic E-state index is 0.116. The lowest BCUT2D eigenvalue weighted by molar-refractivity contribution is -0.131. The zero-order chi connectivity index (χ0) is 17.1. The molecule has 0 fully saturated rings. The third-order valence-corrected chi connectivity index (χ3v) is 4.72. The fraction of sp³-hybridized carbons (Fsp3) is 0.190. The van der Waals surface area contributed by atoms with Crippen molar-refractivity contribution in [3.05, 3.63) is 95.6 Å². The van der Waals surface area contributed by atoms with Gasteiger partial charge in [-0.15, -0.1) is 0 Å². The second-order valence-corrected chi connectivity index (χ2v) is 6.36. The fourth-order valence-electron chi connectivity index (χ4n) is 3.48. The number of carbonyl (C=O) groups excluding carboxylic acids is 1. The average Bonchev–Trinajstić information content (AvgIpc) is 2.68. The second kappa shape index (κ2) is 6.85. The molecule has 0 unspecified atom stereocenters. The zero-order valence-corrected chi connectivity index (χ0v) is 13.9. The summed E-state index contributed by atoms with van der Waals surface area (Å²) in [7, 11) is 0. The Hall–Kier alpha value is -3.01. The highest BCUT2D eigenvalue weighted by molar-refractivity contribution is 5.79. The molecule has 4 rings (SSSR count). The van der Waals surface area contributed by atoms with E-state index < -0.39 is 0 Å². The molecule has 2 heterocycles. The van der Waals surface area contributed by atoms with Crippen molar-refractivity contribution in [2.75, 3.05) is 6.54 Å². The fourth-order valence-corrected chi connectivity index (χ4v) is 3.48. The van der Waals surface area contributed by atoms with Crippen LogP contribution in [0.5, 0.6) is 0 Å². The highest BCUT2D eigenvalue weighted by Crippen LogP contribution is 2.33. The molecule has 0 N–H and O–H groups in total. The van der Waals surface area contributed by atoms with E-state index in [0.29, 0.717) is 19.5 Å². The molecular weight excluding hydrogens is 310 g/mol. The molecule has 1 atom stereocenters. The standard InChI is InChI=1S/C21H19N3O/c25-21(10-16-11-22-15-23-12-16)24-13-18-8-4-5-9-19(18)20(14-24)17-6-2-1-3-7-17/h1-9,11-12,15,20H,10,13-14H2/t20-/m0/s1. The normalized spacial score (nSPS) is 16.3. The molecular formula is C21H19N3O. The van der Waals surface area contributed by atoms with E-state index in [1.54, 1.807) is 12.4 Å². The monoisotopic (exact) mass is 329 g/mol. The van der Waals surface area contributed by atoms with Gasteiger partial charge in [-0.05, 0) is 22.3 Å². The Bertz CT molecular complexity index is 865. The SMILES string of the molecule is O=C(Cc1cncnc1)N1Cc2ccccc2[C@H](c2ccccc2)C1. The van der Waals surface area contributed by atoms with Crippen LogP contribution in [0.15, 0.2) is 73.3 Å². The number of amides is 1. The van der Waals surface area contributed by atoms with Gasteiger partial charge in [-0.1, -0.05) is 54.6 Å². The summed E-state index contributed by atoms with van der Waals surface area (Å²) in [6, 6.07) is 18.8. The first kappa shape index (κ1) is 15.5. The van der Waals surface area contributed by atoms with Gasteiger partial charge in [-0.3, -0.25) is 4.79 Å². The van der Waals surface area contributed by atoms with Crippen LogP contribution >= 0.6 is 0 Å². The molecule has 0 saturated heterocycles. The number of hydrogen-bond acceptors (Lipinski definition) is 3. The molecule has 4 nitrogen and oxygen atoms in total. The van der Waals surface area contributed by atoms with Gasteiger partial charge in [-0.2, -0.15) is 0 Å². The number of aromatic nitrogens is 2. The topological polar surface area (TPSA) is 46.1 Å². The molecule has 1 aliphatic rings. The molecule has 1 aliphatic heterocycles. The van der Waals surface area contributed by atoms with Gasteiger partial charge in [0, 0.05) is 31.4 Å². The molecule has 3 aromatic rings. The van der Waals surface area contributed by atoms with E-state index in [9.17, 15) is 4.79 Å². The number of fused-ring (bicyclic) bond motifs is 1. The van der Waals surface area contributed by atoms with Crippen LogP contribution in [0.2, 0.25) is 0 Å². The molecule has 1 amide bonds.